The first-order valence-corrected chi connectivity index (χ1v) is 5.12. The molecule has 0 unspecified atom stereocenters. The lowest BCUT2D eigenvalue weighted by molar-refractivity contribution is -0.0498. The Morgan fingerprint density at radius 1 is 1.22 bits per heavy atom. The van der Waals surface area contributed by atoms with Crippen molar-refractivity contribution in [1.29, 1.82) is 0 Å². The number of benzene rings is 1. The molecule has 0 spiro atoms. The van der Waals surface area contributed by atoms with E-state index in [-0.39, 0.29) is 5.75 Å². The van der Waals surface area contributed by atoms with Crippen LogP contribution in [0, 0.1) is 0 Å². The molecule has 0 bridgehead atoms. The highest BCUT2D eigenvalue weighted by molar-refractivity contribution is 5.55. The van der Waals surface area contributed by atoms with Crippen molar-refractivity contribution in [3.63, 3.8) is 0 Å². The minimum atomic E-state index is -2.83. The first-order valence-electron chi connectivity index (χ1n) is 5.12. The lowest BCUT2D eigenvalue weighted by atomic mass is 10.2. The maximum Gasteiger partial charge on any atom is 0.387 e. The van der Waals surface area contributed by atoms with Gasteiger partial charge in [0.25, 0.3) is 11.8 Å². The van der Waals surface area contributed by atoms with Gasteiger partial charge in [-0.3, -0.25) is 0 Å². The van der Waals surface area contributed by atoms with Crippen LogP contribution in [0.3, 0.4) is 0 Å². The van der Waals surface area contributed by atoms with E-state index in [0.717, 1.165) is 0 Å². The molecule has 0 saturated carbocycles. The van der Waals surface area contributed by atoms with Gasteiger partial charge in [0.1, 0.15) is 5.75 Å². The summed E-state index contributed by atoms with van der Waals surface area (Å²) in [5.41, 5.74) is 0.636. The standard InChI is InChI=1S/C11H11F2N3O2/c1-16(2)11-14-9(18-15-11)7-3-5-8(6-4-7)17-10(12)13/h3-6,10H,1-2H3. The number of rotatable bonds is 4. The summed E-state index contributed by atoms with van der Waals surface area (Å²) in [4.78, 5) is 5.83. The average molecular weight is 255 g/mol. The zero-order chi connectivity index (χ0) is 13.1. The number of anilines is 1. The average Bonchev–Trinajstić information content (AvgIpc) is 2.78. The van der Waals surface area contributed by atoms with Crippen molar-refractivity contribution < 1.29 is 18.0 Å². The number of aromatic nitrogens is 2. The Hall–Kier alpha value is -2.18. The molecule has 7 heteroatoms. The van der Waals surface area contributed by atoms with Crippen LogP contribution in [0.5, 0.6) is 5.75 Å². The molecule has 2 aromatic rings. The summed E-state index contributed by atoms with van der Waals surface area (Å²) < 4.78 is 33.2. The van der Waals surface area contributed by atoms with E-state index in [0.29, 0.717) is 17.4 Å². The summed E-state index contributed by atoms with van der Waals surface area (Å²) in [5, 5.41) is 3.75. The predicted octanol–water partition coefficient (Wildman–Crippen LogP) is 2.40. The van der Waals surface area contributed by atoms with Crippen molar-refractivity contribution in [3.8, 4) is 17.2 Å². The molecule has 1 aromatic carbocycles. The summed E-state index contributed by atoms with van der Waals surface area (Å²) in [6.07, 6.45) is 0. The van der Waals surface area contributed by atoms with Gasteiger partial charge >= 0.3 is 6.61 Å². The third-order valence-electron chi connectivity index (χ3n) is 2.14. The number of nitrogens with zero attached hydrogens (tertiary/aromatic N) is 3. The van der Waals surface area contributed by atoms with Gasteiger partial charge in [-0.05, 0) is 29.4 Å². The lowest BCUT2D eigenvalue weighted by Crippen LogP contribution is -2.10. The van der Waals surface area contributed by atoms with Gasteiger partial charge in [0.15, 0.2) is 0 Å². The van der Waals surface area contributed by atoms with Crippen molar-refractivity contribution in [2.45, 2.75) is 6.61 Å². The molecular weight excluding hydrogens is 244 g/mol. The largest absolute Gasteiger partial charge is 0.435 e. The van der Waals surface area contributed by atoms with Crippen LogP contribution < -0.4 is 9.64 Å². The summed E-state index contributed by atoms with van der Waals surface area (Å²) >= 11 is 0. The molecule has 0 saturated heterocycles. The van der Waals surface area contributed by atoms with Crippen LogP contribution in [0.15, 0.2) is 28.8 Å². The van der Waals surface area contributed by atoms with Crippen LogP contribution in [0.4, 0.5) is 14.7 Å². The monoisotopic (exact) mass is 255 g/mol. The fraction of sp³-hybridized carbons (Fsp3) is 0.273. The van der Waals surface area contributed by atoms with Gasteiger partial charge in [-0.2, -0.15) is 13.8 Å². The van der Waals surface area contributed by atoms with Gasteiger partial charge < -0.3 is 14.2 Å². The van der Waals surface area contributed by atoms with Gasteiger partial charge in [0.2, 0.25) is 0 Å². The topological polar surface area (TPSA) is 51.4 Å². The van der Waals surface area contributed by atoms with E-state index in [9.17, 15) is 8.78 Å². The molecule has 0 fully saturated rings. The fourth-order valence-electron chi connectivity index (χ4n) is 1.29. The second-order valence-electron chi connectivity index (χ2n) is 3.70. The molecule has 0 aliphatic carbocycles. The van der Waals surface area contributed by atoms with E-state index in [1.165, 1.54) is 12.1 Å². The summed E-state index contributed by atoms with van der Waals surface area (Å²) in [7, 11) is 3.57. The zero-order valence-electron chi connectivity index (χ0n) is 9.80. The molecule has 5 nitrogen and oxygen atoms in total. The first-order chi connectivity index (χ1) is 8.56. The summed E-state index contributed by atoms with van der Waals surface area (Å²) in [6, 6.07) is 5.98. The van der Waals surface area contributed by atoms with Crippen LogP contribution in [0.1, 0.15) is 0 Å². The van der Waals surface area contributed by atoms with Crippen LogP contribution in [0.2, 0.25) is 0 Å². The zero-order valence-corrected chi connectivity index (χ0v) is 9.80. The highest BCUT2D eigenvalue weighted by Gasteiger charge is 2.10. The van der Waals surface area contributed by atoms with E-state index < -0.39 is 6.61 Å². The molecule has 0 N–H and O–H groups in total. The van der Waals surface area contributed by atoms with Crippen molar-refractivity contribution in [2.75, 3.05) is 19.0 Å². The quantitative estimate of drug-likeness (QED) is 0.839. The van der Waals surface area contributed by atoms with E-state index in [4.69, 9.17) is 4.52 Å². The SMILES string of the molecule is CN(C)c1noc(-c2ccc(OC(F)F)cc2)n1. The molecule has 1 aromatic heterocycles. The fourth-order valence-corrected chi connectivity index (χ4v) is 1.29. The molecule has 0 amide bonds. The molecular formula is C11H11F2N3O2. The van der Waals surface area contributed by atoms with Gasteiger partial charge in [-0.1, -0.05) is 0 Å². The highest BCUT2D eigenvalue weighted by Crippen LogP contribution is 2.23. The third kappa shape index (κ3) is 2.73. The van der Waals surface area contributed by atoms with Gasteiger partial charge in [0, 0.05) is 19.7 Å². The number of halogens is 2. The molecule has 0 atom stereocenters. The molecule has 0 aliphatic rings. The lowest BCUT2D eigenvalue weighted by Gasteiger charge is -2.04. The Morgan fingerprint density at radius 3 is 2.39 bits per heavy atom. The maximum absolute atomic E-state index is 12.0. The molecule has 96 valence electrons. The number of hydrogen-bond donors (Lipinski definition) is 0. The number of ether oxygens (including phenoxy) is 1. The van der Waals surface area contributed by atoms with E-state index in [1.54, 1.807) is 31.1 Å². The Kier molecular flexibility index (Phi) is 3.40. The molecule has 0 radical (unpaired) electrons. The van der Waals surface area contributed by atoms with E-state index in [2.05, 4.69) is 14.9 Å². The Bertz CT molecular complexity index is 511. The maximum atomic E-state index is 12.0. The second kappa shape index (κ2) is 4.99. The molecule has 2 rings (SSSR count). The summed E-state index contributed by atoms with van der Waals surface area (Å²) in [5.74, 6) is 0.848. The van der Waals surface area contributed by atoms with E-state index >= 15 is 0 Å². The van der Waals surface area contributed by atoms with Gasteiger partial charge in [0.05, 0.1) is 0 Å². The Labute approximate surface area is 102 Å². The van der Waals surface area contributed by atoms with Crippen LogP contribution in [0.25, 0.3) is 11.5 Å². The van der Waals surface area contributed by atoms with Crippen molar-refractivity contribution >= 4 is 5.95 Å². The number of alkyl halides is 2. The highest BCUT2D eigenvalue weighted by atomic mass is 19.3. The number of hydrogen-bond acceptors (Lipinski definition) is 5. The predicted molar refractivity (Wildman–Crippen MR) is 60.7 cm³/mol. The Morgan fingerprint density at radius 2 is 1.89 bits per heavy atom. The van der Waals surface area contributed by atoms with Gasteiger partial charge in [-0.15, -0.1) is 0 Å². The van der Waals surface area contributed by atoms with Crippen LogP contribution >= 0.6 is 0 Å². The van der Waals surface area contributed by atoms with Crippen molar-refractivity contribution in [3.05, 3.63) is 24.3 Å². The van der Waals surface area contributed by atoms with Crippen molar-refractivity contribution in [1.82, 2.24) is 10.1 Å². The molecule has 0 aliphatic heterocycles. The van der Waals surface area contributed by atoms with Crippen molar-refractivity contribution in [2.24, 2.45) is 0 Å². The van der Waals surface area contributed by atoms with E-state index in [1.807, 2.05) is 0 Å². The third-order valence-corrected chi connectivity index (χ3v) is 2.14. The molecule has 18 heavy (non-hydrogen) atoms. The minimum absolute atomic E-state index is 0.0844. The molecule has 1 heterocycles. The minimum Gasteiger partial charge on any atom is -0.435 e. The normalized spacial score (nSPS) is 10.7. The van der Waals surface area contributed by atoms with Gasteiger partial charge in [-0.25, -0.2) is 0 Å². The van der Waals surface area contributed by atoms with Crippen LogP contribution in [-0.2, 0) is 0 Å². The first kappa shape index (κ1) is 12.3. The second-order valence-corrected chi connectivity index (χ2v) is 3.70. The summed E-state index contributed by atoms with van der Waals surface area (Å²) in [6.45, 7) is -2.83. The Balaban J connectivity index is 2.17. The smallest absolute Gasteiger partial charge is 0.387 e. The van der Waals surface area contributed by atoms with Crippen LogP contribution in [-0.4, -0.2) is 30.8 Å².